The first-order valence-electron chi connectivity index (χ1n) is 8.10. The summed E-state index contributed by atoms with van der Waals surface area (Å²) in [6, 6.07) is 12.2. The average molecular weight is 329 g/mol. The van der Waals surface area contributed by atoms with Gasteiger partial charge in [0.15, 0.2) is 0 Å². The highest BCUT2D eigenvalue weighted by Gasteiger charge is 2.23. The number of carbonyl (C=O) groups is 1. The van der Waals surface area contributed by atoms with Crippen molar-refractivity contribution < 1.29 is 9.90 Å². The zero-order valence-corrected chi connectivity index (χ0v) is 14.0. The Balaban J connectivity index is 2.12. The minimum absolute atomic E-state index is 0.151. The van der Waals surface area contributed by atoms with Crippen LogP contribution in [0.15, 0.2) is 47.3 Å². The van der Waals surface area contributed by atoms with Crippen molar-refractivity contribution in [3.8, 4) is 0 Å². The van der Waals surface area contributed by atoms with Gasteiger partial charge in [-0.15, -0.1) is 0 Å². The maximum absolute atomic E-state index is 12.2. The van der Waals surface area contributed by atoms with Gasteiger partial charge in [-0.3, -0.25) is 9.59 Å². The van der Waals surface area contributed by atoms with Crippen LogP contribution in [0.2, 0.25) is 0 Å². The summed E-state index contributed by atoms with van der Waals surface area (Å²) in [7, 11) is 0. The molecule has 0 saturated heterocycles. The van der Waals surface area contributed by atoms with Gasteiger partial charge < -0.3 is 10.4 Å². The maximum atomic E-state index is 12.2. The molecule has 0 aliphatic heterocycles. The Morgan fingerprint density at radius 3 is 2.46 bits per heavy atom. The highest BCUT2D eigenvalue weighted by atomic mass is 16.3. The minimum Gasteiger partial charge on any atom is -0.388 e. The van der Waals surface area contributed by atoms with Crippen molar-refractivity contribution in [3.63, 3.8) is 0 Å². The second kappa shape index (κ2) is 7.88. The number of rotatable bonds is 7. The number of hydrogen-bond acceptors (Lipinski definition) is 4. The van der Waals surface area contributed by atoms with Gasteiger partial charge in [0.05, 0.1) is 12.1 Å². The van der Waals surface area contributed by atoms with E-state index in [1.807, 2.05) is 44.2 Å². The van der Waals surface area contributed by atoms with Crippen LogP contribution in [0, 0.1) is 0 Å². The Hall–Kier alpha value is -2.47. The SMILES string of the molecule is CCC(O)(CC)CNC(=O)c1ccc(=O)n(Cc2ccccc2)n1. The van der Waals surface area contributed by atoms with Crippen LogP contribution in [-0.4, -0.2) is 32.9 Å². The number of benzene rings is 1. The summed E-state index contributed by atoms with van der Waals surface area (Å²) < 4.78 is 1.26. The van der Waals surface area contributed by atoms with E-state index in [2.05, 4.69) is 10.4 Å². The summed E-state index contributed by atoms with van der Waals surface area (Å²) in [5.41, 5.74) is -0.112. The largest absolute Gasteiger partial charge is 0.388 e. The lowest BCUT2D eigenvalue weighted by Crippen LogP contribution is -2.42. The Morgan fingerprint density at radius 1 is 1.17 bits per heavy atom. The molecule has 0 aliphatic carbocycles. The summed E-state index contributed by atoms with van der Waals surface area (Å²) in [5.74, 6) is -0.405. The molecule has 6 nitrogen and oxygen atoms in total. The topological polar surface area (TPSA) is 84.2 Å². The van der Waals surface area contributed by atoms with Gasteiger partial charge in [0.25, 0.3) is 11.5 Å². The van der Waals surface area contributed by atoms with Crippen molar-refractivity contribution in [1.82, 2.24) is 15.1 Å². The lowest BCUT2D eigenvalue weighted by atomic mass is 9.97. The Bertz CT molecular complexity index is 737. The monoisotopic (exact) mass is 329 g/mol. The van der Waals surface area contributed by atoms with Crippen molar-refractivity contribution in [1.29, 1.82) is 0 Å². The average Bonchev–Trinajstić information content (AvgIpc) is 2.62. The van der Waals surface area contributed by atoms with E-state index in [0.29, 0.717) is 19.4 Å². The molecule has 1 amide bonds. The molecule has 6 heteroatoms. The fourth-order valence-electron chi connectivity index (χ4n) is 2.28. The van der Waals surface area contributed by atoms with E-state index in [1.165, 1.54) is 16.8 Å². The molecule has 2 aromatic rings. The second-order valence-electron chi connectivity index (χ2n) is 5.81. The van der Waals surface area contributed by atoms with Crippen LogP contribution in [0.5, 0.6) is 0 Å². The molecular weight excluding hydrogens is 306 g/mol. The number of aromatic nitrogens is 2. The predicted octanol–water partition coefficient (Wildman–Crippen LogP) is 1.57. The molecule has 0 radical (unpaired) electrons. The second-order valence-corrected chi connectivity index (χ2v) is 5.81. The highest BCUT2D eigenvalue weighted by molar-refractivity contribution is 5.92. The van der Waals surface area contributed by atoms with Gasteiger partial charge >= 0.3 is 0 Å². The van der Waals surface area contributed by atoms with Gasteiger partial charge in [-0.25, -0.2) is 4.68 Å². The van der Waals surface area contributed by atoms with E-state index in [9.17, 15) is 14.7 Å². The van der Waals surface area contributed by atoms with Crippen LogP contribution in [0.4, 0.5) is 0 Å². The van der Waals surface area contributed by atoms with Crippen molar-refractivity contribution in [2.45, 2.75) is 38.8 Å². The summed E-state index contributed by atoms with van der Waals surface area (Å²) >= 11 is 0. The van der Waals surface area contributed by atoms with E-state index in [0.717, 1.165) is 5.56 Å². The van der Waals surface area contributed by atoms with Crippen LogP contribution in [0.3, 0.4) is 0 Å². The van der Waals surface area contributed by atoms with Crippen LogP contribution in [0.25, 0.3) is 0 Å². The number of nitrogens with zero attached hydrogens (tertiary/aromatic N) is 2. The van der Waals surface area contributed by atoms with E-state index in [4.69, 9.17) is 0 Å². The Morgan fingerprint density at radius 2 is 1.83 bits per heavy atom. The van der Waals surface area contributed by atoms with Gasteiger partial charge in [0.1, 0.15) is 5.69 Å². The first kappa shape index (κ1) is 17.9. The third kappa shape index (κ3) is 4.52. The Labute approximate surface area is 141 Å². The molecule has 0 unspecified atom stereocenters. The fraction of sp³-hybridized carbons (Fsp3) is 0.389. The summed E-state index contributed by atoms with van der Waals surface area (Å²) in [6.45, 7) is 4.19. The molecule has 0 spiro atoms. The van der Waals surface area contributed by atoms with Crippen LogP contribution in [-0.2, 0) is 6.54 Å². The molecule has 0 fully saturated rings. The quantitative estimate of drug-likeness (QED) is 0.807. The molecule has 0 aliphatic rings. The normalized spacial score (nSPS) is 11.3. The summed E-state index contributed by atoms with van der Waals surface area (Å²) in [5, 5.41) is 17.0. The summed E-state index contributed by atoms with van der Waals surface area (Å²) in [6.07, 6.45) is 1.09. The minimum atomic E-state index is -0.922. The van der Waals surface area contributed by atoms with Gasteiger partial charge in [0, 0.05) is 12.6 Å². The lowest BCUT2D eigenvalue weighted by Gasteiger charge is -2.25. The van der Waals surface area contributed by atoms with Crippen molar-refractivity contribution >= 4 is 5.91 Å². The molecule has 128 valence electrons. The maximum Gasteiger partial charge on any atom is 0.271 e. The fourth-order valence-corrected chi connectivity index (χ4v) is 2.28. The first-order chi connectivity index (χ1) is 11.5. The van der Waals surface area contributed by atoms with E-state index in [-0.39, 0.29) is 17.8 Å². The predicted molar refractivity (Wildman–Crippen MR) is 91.9 cm³/mol. The van der Waals surface area contributed by atoms with Gasteiger partial charge in [-0.2, -0.15) is 5.10 Å². The standard InChI is InChI=1S/C18H23N3O3/c1-3-18(24,4-2)13-19-17(23)15-10-11-16(22)21(20-15)12-14-8-6-5-7-9-14/h5-11,24H,3-4,12-13H2,1-2H3,(H,19,23). The van der Waals surface area contributed by atoms with Crippen LogP contribution >= 0.6 is 0 Å². The molecular formula is C18H23N3O3. The van der Waals surface area contributed by atoms with Crippen molar-refractivity contribution in [3.05, 3.63) is 64.1 Å². The van der Waals surface area contributed by atoms with E-state index in [1.54, 1.807) is 0 Å². The zero-order chi connectivity index (χ0) is 17.6. The zero-order valence-electron chi connectivity index (χ0n) is 14.0. The highest BCUT2D eigenvalue weighted by Crippen LogP contribution is 2.13. The number of nitrogens with one attached hydrogen (secondary N) is 1. The van der Waals surface area contributed by atoms with E-state index < -0.39 is 11.5 Å². The number of amides is 1. The Kier molecular flexibility index (Phi) is 5.87. The molecule has 24 heavy (non-hydrogen) atoms. The molecule has 0 saturated carbocycles. The lowest BCUT2D eigenvalue weighted by molar-refractivity contribution is 0.0313. The first-order valence-corrected chi connectivity index (χ1v) is 8.10. The molecule has 0 bridgehead atoms. The van der Waals surface area contributed by atoms with Gasteiger partial charge in [0.2, 0.25) is 0 Å². The molecule has 2 rings (SSSR count). The third-order valence-electron chi connectivity index (χ3n) is 4.17. The smallest absolute Gasteiger partial charge is 0.271 e. The molecule has 2 N–H and O–H groups in total. The number of aliphatic hydroxyl groups is 1. The number of hydrogen-bond donors (Lipinski definition) is 2. The van der Waals surface area contributed by atoms with Crippen molar-refractivity contribution in [2.24, 2.45) is 0 Å². The van der Waals surface area contributed by atoms with Gasteiger partial charge in [-0.05, 0) is 24.5 Å². The molecule has 1 aromatic heterocycles. The van der Waals surface area contributed by atoms with Crippen molar-refractivity contribution in [2.75, 3.05) is 6.54 Å². The molecule has 1 aromatic carbocycles. The third-order valence-corrected chi connectivity index (χ3v) is 4.17. The molecule has 0 atom stereocenters. The van der Waals surface area contributed by atoms with E-state index >= 15 is 0 Å². The molecule has 1 heterocycles. The van der Waals surface area contributed by atoms with Gasteiger partial charge in [-0.1, -0.05) is 44.2 Å². The van der Waals surface area contributed by atoms with Crippen LogP contribution in [0.1, 0.15) is 42.7 Å². The van der Waals surface area contributed by atoms with Crippen LogP contribution < -0.4 is 10.9 Å². The summed E-state index contributed by atoms with van der Waals surface area (Å²) in [4.78, 5) is 24.2. The number of carbonyl (C=O) groups excluding carboxylic acids is 1.